The van der Waals surface area contributed by atoms with Gasteiger partial charge in [-0.2, -0.15) is 0 Å². The Morgan fingerprint density at radius 2 is 1.61 bits per heavy atom. The van der Waals surface area contributed by atoms with E-state index in [1.165, 1.54) is 37.8 Å². The summed E-state index contributed by atoms with van der Waals surface area (Å²) in [5.41, 5.74) is 1.27. The van der Waals surface area contributed by atoms with Gasteiger partial charge in [0.05, 0.1) is 25.2 Å². The second-order valence-electron chi connectivity index (χ2n) is 5.71. The van der Waals surface area contributed by atoms with Crippen molar-refractivity contribution in [3.8, 4) is 5.75 Å². The van der Waals surface area contributed by atoms with Crippen molar-refractivity contribution in [1.82, 2.24) is 0 Å². The topological polar surface area (TPSA) is 69.3 Å². The Labute approximate surface area is 140 Å². The molecule has 0 saturated carbocycles. The number of nitrogens with one attached hydrogen (secondary N) is 1. The Kier molecular flexibility index (Phi) is 10.6. The van der Waals surface area contributed by atoms with Crippen molar-refractivity contribution in [2.75, 3.05) is 37.8 Å². The molecule has 0 amide bonds. The Hall–Kier alpha value is -1.80. The summed E-state index contributed by atoms with van der Waals surface area (Å²) in [7, 11) is 0. The quantitative estimate of drug-likeness (QED) is 0.561. The van der Waals surface area contributed by atoms with E-state index in [-0.39, 0.29) is 0 Å². The lowest BCUT2D eigenvalue weighted by atomic mass is 10.1. The molecule has 0 aromatic heterocycles. The molecule has 128 valence electrons. The highest BCUT2D eigenvalue weighted by Gasteiger charge is 2.10. The number of hydrogen-bond acceptors (Lipinski definition) is 4. The van der Waals surface area contributed by atoms with Crippen molar-refractivity contribution < 1.29 is 14.9 Å². The Morgan fingerprint density at radius 3 is 2.26 bits per heavy atom. The molecule has 1 heterocycles. The fourth-order valence-corrected chi connectivity index (χ4v) is 2.65. The predicted molar refractivity (Wildman–Crippen MR) is 91.0 cm³/mol. The molecule has 5 heteroatoms. The number of morpholine rings is 1. The first-order valence-electron chi connectivity index (χ1n) is 8.68. The summed E-state index contributed by atoms with van der Waals surface area (Å²) in [6, 6.07) is 8.48. The number of rotatable bonds is 9. The smallest absolute Gasteiger partial charge is 0.212 e. The fourth-order valence-electron chi connectivity index (χ4n) is 2.65. The molecule has 1 aliphatic rings. The predicted octanol–water partition coefficient (Wildman–Crippen LogP) is 2.54. The van der Waals surface area contributed by atoms with E-state index in [2.05, 4.69) is 36.1 Å². The molecular formula is C18H30N3O2+. The summed E-state index contributed by atoms with van der Waals surface area (Å²) in [5.74, 6) is 0.987. The van der Waals surface area contributed by atoms with Crippen molar-refractivity contribution in [2.24, 2.45) is 0 Å². The van der Waals surface area contributed by atoms with Crippen molar-refractivity contribution in [3.05, 3.63) is 24.3 Å². The number of benzene rings is 1. The molecule has 0 radical (unpaired) electrons. The minimum Gasteiger partial charge on any atom is -0.494 e. The van der Waals surface area contributed by atoms with Gasteiger partial charge in [-0.25, -0.2) is 0 Å². The van der Waals surface area contributed by atoms with Crippen LogP contribution in [0.4, 0.5) is 5.69 Å². The molecule has 23 heavy (non-hydrogen) atoms. The van der Waals surface area contributed by atoms with Crippen LogP contribution < -0.4 is 15.0 Å². The van der Waals surface area contributed by atoms with Crippen LogP contribution in [0, 0.1) is 5.39 Å². The van der Waals surface area contributed by atoms with E-state index in [0.29, 0.717) is 0 Å². The van der Waals surface area contributed by atoms with Gasteiger partial charge in [0.2, 0.25) is 5.39 Å². The third-order valence-corrected chi connectivity index (χ3v) is 3.98. The van der Waals surface area contributed by atoms with Crippen molar-refractivity contribution in [3.63, 3.8) is 0 Å². The second kappa shape index (κ2) is 12.7. The number of unbranched alkanes of at least 4 members (excludes halogenated alkanes) is 5. The van der Waals surface area contributed by atoms with Crippen LogP contribution in [0.25, 0.3) is 0 Å². The van der Waals surface area contributed by atoms with Gasteiger partial charge in [-0.05, 0) is 30.7 Å². The van der Waals surface area contributed by atoms with Gasteiger partial charge in [-0.15, -0.1) is 0 Å². The zero-order chi connectivity index (χ0) is 16.8. The van der Waals surface area contributed by atoms with E-state index in [4.69, 9.17) is 20.3 Å². The molecule has 0 atom stereocenters. The molecule has 0 aliphatic carbocycles. The standard InChI is InChI=1S/C18H29NO2.N2/c1-2-3-4-5-6-7-14-21-18-10-8-17(9-11-18)19-12-15-20-16-13-19;1-2/h8-11H,2-7,12-16H2,1H3;/p+1. The van der Waals surface area contributed by atoms with E-state index in [0.717, 1.165) is 45.1 Å². The molecule has 0 spiro atoms. The number of hydrogen-bond donors (Lipinski definition) is 1. The average molecular weight is 320 g/mol. The van der Waals surface area contributed by atoms with Gasteiger partial charge in [0.15, 0.2) is 0 Å². The molecule has 1 aromatic carbocycles. The van der Waals surface area contributed by atoms with Crippen molar-refractivity contribution in [2.45, 2.75) is 45.4 Å². The van der Waals surface area contributed by atoms with Crippen LogP contribution in [0.1, 0.15) is 45.4 Å². The van der Waals surface area contributed by atoms with Crippen LogP contribution in [0.2, 0.25) is 0 Å². The lowest BCUT2D eigenvalue weighted by molar-refractivity contribution is -0.175. The second-order valence-corrected chi connectivity index (χ2v) is 5.71. The van der Waals surface area contributed by atoms with Crippen LogP contribution in [0.5, 0.6) is 5.75 Å². The summed E-state index contributed by atoms with van der Waals surface area (Å²) in [4.78, 5) is 2.36. The van der Waals surface area contributed by atoms with Crippen molar-refractivity contribution >= 4 is 5.69 Å². The average Bonchev–Trinajstić information content (AvgIpc) is 2.64. The van der Waals surface area contributed by atoms with Crippen molar-refractivity contribution in [1.29, 1.82) is 5.39 Å². The SMILES string of the molecule is CCCCCCCCOc1ccc(N2CCOCC2)cc1.N#[NH+]. The van der Waals surface area contributed by atoms with Gasteiger partial charge in [-0.3, -0.25) is 0 Å². The molecule has 0 unspecified atom stereocenters. The first-order chi connectivity index (χ1) is 11.4. The minimum atomic E-state index is 0.830. The van der Waals surface area contributed by atoms with E-state index in [9.17, 15) is 0 Å². The highest BCUT2D eigenvalue weighted by molar-refractivity contribution is 5.49. The van der Waals surface area contributed by atoms with Crippen LogP contribution in [0.3, 0.4) is 0 Å². The zero-order valence-corrected chi connectivity index (χ0v) is 14.3. The number of diazo groups is 1. The van der Waals surface area contributed by atoms with E-state index in [1.54, 1.807) is 0 Å². The third-order valence-electron chi connectivity index (χ3n) is 3.98. The summed E-state index contributed by atoms with van der Waals surface area (Å²) in [6.45, 7) is 6.72. The molecule has 5 nitrogen and oxygen atoms in total. The first-order valence-corrected chi connectivity index (χ1v) is 8.68. The maximum atomic E-state index is 6.25. The third kappa shape index (κ3) is 7.85. The highest BCUT2D eigenvalue weighted by atomic mass is 16.5. The van der Waals surface area contributed by atoms with Crippen LogP contribution in [0.15, 0.2) is 24.3 Å². The molecular weight excluding hydrogens is 290 g/mol. The number of nitrogens with zero attached hydrogens (tertiary/aromatic N) is 2. The molecule has 1 aliphatic heterocycles. The first kappa shape index (κ1) is 19.2. The molecule has 1 saturated heterocycles. The van der Waals surface area contributed by atoms with Gasteiger partial charge in [0.1, 0.15) is 5.75 Å². The zero-order valence-electron chi connectivity index (χ0n) is 14.3. The summed E-state index contributed by atoms with van der Waals surface area (Å²) in [6.07, 6.45) is 7.83. The summed E-state index contributed by atoms with van der Waals surface area (Å²) < 4.78 is 11.2. The maximum absolute atomic E-state index is 6.25. The van der Waals surface area contributed by atoms with Crippen LogP contribution >= 0.6 is 0 Å². The minimum absolute atomic E-state index is 0.830. The van der Waals surface area contributed by atoms with Gasteiger partial charge in [0, 0.05) is 18.8 Å². The lowest BCUT2D eigenvalue weighted by Crippen LogP contribution is -2.36. The van der Waals surface area contributed by atoms with E-state index < -0.39 is 0 Å². The fraction of sp³-hybridized carbons (Fsp3) is 0.667. The van der Waals surface area contributed by atoms with Gasteiger partial charge >= 0.3 is 0 Å². The Balaban J connectivity index is 0.00000127. The molecule has 1 N–H and O–H groups in total. The Morgan fingerprint density at radius 1 is 1.00 bits per heavy atom. The Bertz CT molecular complexity index is 414. The number of ether oxygens (including phenoxy) is 2. The molecule has 1 fully saturated rings. The molecule has 1 aromatic rings. The molecule has 0 bridgehead atoms. The lowest BCUT2D eigenvalue weighted by Gasteiger charge is -2.28. The summed E-state index contributed by atoms with van der Waals surface area (Å²) in [5, 5.41) is 11.0. The van der Waals surface area contributed by atoms with E-state index >= 15 is 0 Å². The normalized spacial score (nSPS) is 14.0. The van der Waals surface area contributed by atoms with E-state index in [1.807, 2.05) is 0 Å². The molecule has 2 rings (SSSR count). The van der Waals surface area contributed by atoms with Crippen LogP contribution in [-0.2, 0) is 4.74 Å². The van der Waals surface area contributed by atoms with Gasteiger partial charge in [0.25, 0.3) is 0 Å². The maximum Gasteiger partial charge on any atom is 0.212 e. The number of anilines is 1. The largest absolute Gasteiger partial charge is 0.494 e. The van der Waals surface area contributed by atoms with Gasteiger partial charge < -0.3 is 14.4 Å². The monoisotopic (exact) mass is 320 g/mol. The highest BCUT2D eigenvalue weighted by Crippen LogP contribution is 2.20. The van der Waals surface area contributed by atoms with Crippen LogP contribution in [-0.4, -0.2) is 32.9 Å². The summed E-state index contributed by atoms with van der Waals surface area (Å²) >= 11 is 0. The van der Waals surface area contributed by atoms with Gasteiger partial charge in [-0.1, -0.05) is 39.0 Å².